The van der Waals surface area contributed by atoms with Crippen LogP contribution in [-0.2, 0) is 20.6 Å². The summed E-state index contributed by atoms with van der Waals surface area (Å²) in [5.74, 6) is 0.364. The van der Waals surface area contributed by atoms with E-state index in [-0.39, 0.29) is 29.4 Å². The molecule has 0 unspecified atom stereocenters. The Bertz CT molecular complexity index is 1260. The molecule has 0 fully saturated rings. The first kappa shape index (κ1) is 20.4. The highest BCUT2D eigenvalue weighted by atomic mass is 35.5. The summed E-state index contributed by atoms with van der Waals surface area (Å²) in [6.07, 6.45) is 1.72. The van der Waals surface area contributed by atoms with Gasteiger partial charge in [-0.25, -0.2) is 10.2 Å². The smallest absolute Gasteiger partial charge is 0.332 e. The monoisotopic (exact) mass is 416 g/mol. The van der Waals surface area contributed by atoms with Crippen LogP contribution < -0.4 is 16.7 Å². The summed E-state index contributed by atoms with van der Waals surface area (Å²) in [7, 11) is 2.96. The van der Waals surface area contributed by atoms with Gasteiger partial charge in [-0.05, 0) is 26.0 Å². The van der Waals surface area contributed by atoms with Crippen molar-refractivity contribution in [3.63, 3.8) is 0 Å². The quantitative estimate of drug-likeness (QED) is 0.489. The largest absolute Gasteiger partial charge is 0.507 e. The van der Waals surface area contributed by atoms with Crippen LogP contribution in [0.2, 0.25) is 0 Å². The fourth-order valence-electron chi connectivity index (χ4n) is 2.90. The molecule has 0 bridgehead atoms. The van der Waals surface area contributed by atoms with Crippen LogP contribution in [0.3, 0.4) is 0 Å². The molecule has 9 nitrogen and oxygen atoms in total. The molecule has 3 aromatic rings. The molecule has 152 valence electrons. The average Bonchev–Trinajstić information content (AvgIpc) is 3.06. The van der Waals surface area contributed by atoms with Crippen LogP contribution >= 0.6 is 11.6 Å². The first-order valence-electron chi connectivity index (χ1n) is 8.79. The number of aryl methyl sites for hydroxylation is 1. The third-order valence-electron chi connectivity index (χ3n) is 4.52. The summed E-state index contributed by atoms with van der Waals surface area (Å²) in [6.45, 7) is 3.71. The lowest BCUT2D eigenvalue weighted by Gasteiger charge is -2.08. The van der Waals surface area contributed by atoms with Crippen molar-refractivity contribution in [2.45, 2.75) is 20.4 Å². The zero-order chi connectivity index (χ0) is 21.3. The number of para-hydroxylation sites is 1. The molecule has 0 amide bonds. The van der Waals surface area contributed by atoms with E-state index in [4.69, 9.17) is 11.6 Å². The Morgan fingerprint density at radius 2 is 1.93 bits per heavy atom. The third-order valence-corrected chi connectivity index (χ3v) is 4.67. The summed E-state index contributed by atoms with van der Waals surface area (Å²) in [5, 5.41) is 14.8. The fourth-order valence-corrected chi connectivity index (χ4v) is 2.97. The van der Waals surface area contributed by atoms with E-state index in [1.54, 1.807) is 55.8 Å². The fraction of sp³-hybridized carbons (Fsp3) is 0.263. The number of aromatic nitrogens is 4. The Morgan fingerprint density at radius 3 is 2.59 bits per heavy atom. The number of hydrogen-bond donors (Lipinski definition) is 2. The number of fused-ring (bicyclic) bond motifs is 1. The second-order valence-corrected chi connectivity index (χ2v) is 7.14. The van der Waals surface area contributed by atoms with Crippen LogP contribution in [0.25, 0.3) is 11.2 Å². The van der Waals surface area contributed by atoms with E-state index in [9.17, 15) is 14.7 Å². The zero-order valence-electron chi connectivity index (χ0n) is 16.5. The number of phenols is 1. The van der Waals surface area contributed by atoms with Crippen molar-refractivity contribution in [3.8, 4) is 5.75 Å². The van der Waals surface area contributed by atoms with Crippen molar-refractivity contribution in [2.75, 3.05) is 5.43 Å². The lowest BCUT2D eigenvalue weighted by atomic mass is 10.1. The van der Waals surface area contributed by atoms with Crippen molar-refractivity contribution in [2.24, 2.45) is 19.2 Å². The van der Waals surface area contributed by atoms with E-state index in [1.807, 2.05) is 0 Å². The standard InChI is InChI=1S/C19H21ClN6O3/c1-11(20)9-10-26-15-16(24(3)19(29)25(4)17(15)28)21-18(26)23-22-12(2)13-7-5-6-8-14(13)27/h5-9,27H,10H2,1-4H3,(H,21,23)/b11-9+,22-12+. The van der Waals surface area contributed by atoms with Crippen LogP contribution in [0.15, 0.2) is 50.1 Å². The molecule has 0 saturated heterocycles. The highest BCUT2D eigenvalue weighted by molar-refractivity contribution is 6.29. The topological polar surface area (TPSA) is 106 Å². The van der Waals surface area contributed by atoms with Gasteiger partial charge in [0, 0.05) is 31.2 Å². The zero-order valence-corrected chi connectivity index (χ0v) is 17.2. The van der Waals surface area contributed by atoms with Crippen LogP contribution in [0.5, 0.6) is 5.75 Å². The number of anilines is 1. The van der Waals surface area contributed by atoms with Gasteiger partial charge in [-0.2, -0.15) is 10.1 Å². The van der Waals surface area contributed by atoms with Crippen LogP contribution in [-0.4, -0.2) is 29.5 Å². The lowest BCUT2D eigenvalue weighted by molar-refractivity contribution is 0.474. The molecule has 0 saturated carbocycles. The first-order valence-corrected chi connectivity index (χ1v) is 9.17. The lowest BCUT2D eigenvalue weighted by Crippen LogP contribution is -2.37. The molecule has 29 heavy (non-hydrogen) atoms. The van der Waals surface area contributed by atoms with E-state index in [0.717, 1.165) is 4.57 Å². The normalized spacial score (nSPS) is 12.6. The van der Waals surface area contributed by atoms with E-state index in [1.165, 1.54) is 11.6 Å². The van der Waals surface area contributed by atoms with Gasteiger partial charge in [0.15, 0.2) is 11.2 Å². The molecule has 0 atom stereocenters. The van der Waals surface area contributed by atoms with Gasteiger partial charge in [-0.3, -0.25) is 18.5 Å². The summed E-state index contributed by atoms with van der Waals surface area (Å²) in [5.41, 5.74) is 3.46. The van der Waals surface area contributed by atoms with E-state index >= 15 is 0 Å². The minimum atomic E-state index is -0.475. The van der Waals surface area contributed by atoms with Gasteiger partial charge in [0.1, 0.15) is 5.75 Å². The number of halogens is 1. The average molecular weight is 417 g/mol. The van der Waals surface area contributed by atoms with Crippen molar-refractivity contribution < 1.29 is 5.11 Å². The summed E-state index contributed by atoms with van der Waals surface area (Å²) >= 11 is 5.96. The Morgan fingerprint density at radius 1 is 1.24 bits per heavy atom. The van der Waals surface area contributed by atoms with E-state index in [0.29, 0.717) is 16.3 Å². The summed E-state index contributed by atoms with van der Waals surface area (Å²) in [6, 6.07) is 6.81. The van der Waals surface area contributed by atoms with Gasteiger partial charge in [0.25, 0.3) is 5.56 Å². The summed E-state index contributed by atoms with van der Waals surface area (Å²) in [4.78, 5) is 29.4. The molecule has 0 radical (unpaired) electrons. The predicted octanol–water partition coefficient (Wildman–Crippen LogP) is 2.12. The Labute approximate surface area is 171 Å². The summed E-state index contributed by atoms with van der Waals surface area (Å²) < 4.78 is 3.93. The highest BCUT2D eigenvalue weighted by Gasteiger charge is 2.18. The van der Waals surface area contributed by atoms with E-state index in [2.05, 4.69) is 15.5 Å². The highest BCUT2D eigenvalue weighted by Crippen LogP contribution is 2.19. The maximum absolute atomic E-state index is 12.7. The maximum atomic E-state index is 12.7. The van der Waals surface area contributed by atoms with Gasteiger partial charge in [0.05, 0.1) is 5.71 Å². The third kappa shape index (κ3) is 3.81. The number of imidazole rings is 1. The number of nitrogens with one attached hydrogen (secondary N) is 1. The molecular weight excluding hydrogens is 396 g/mol. The number of benzene rings is 1. The number of allylic oxidation sites excluding steroid dienone is 2. The number of hydrogen-bond acceptors (Lipinski definition) is 6. The van der Waals surface area contributed by atoms with Crippen LogP contribution in [0.1, 0.15) is 19.4 Å². The molecule has 10 heteroatoms. The second-order valence-electron chi connectivity index (χ2n) is 6.54. The van der Waals surface area contributed by atoms with Crippen molar-refractivity contribution in [1.29, 1.82) is 0 Å². The van der Waals surface area contributed by atoms with Crippen LogP contribution in [0, 0.1) is 0 Å². The van der Waals surface area contributed by atoms with Crippen LogP contribution in [0.4, 0.5) is 5.95 Å². The van der Waals surface area contributed by atoms with Gasteiger partial charge in [-0.15, -0.1) is 0 Å². The Balaban J connectivity index is 2.16. The molecule has 0 aliphatic carbocycles. The van der Waals surface area contributed by atoms with Gasteiger partial charge < -0.3 is 5.11 Å². The predicted molar refractivity (Wildman–Crippen MR) is 114 cm³/mol. The number of phenolic OH excluding ortho intramolecular Hbond substituents is 1. The molecule has 0 spiro atoms. The molecule has 1 aromatic carbocycles. The van der Waals surface area contributed by atoms with E-state index < -0.39 is 11.2 Å². The first-order chi connectivity index (χ1) is 13.7. The molecular formula is C19H21ClN6O3. The minimum Gasteiger partial charge on any atom is -0.507 e. The Kier molecular flexibility index (Phi) is 5.60. The van der Waals surface area contributed by atoms with Crippen molar-refractivity contribution in [3.05, 3.63) is 61.8 Å². The van der Waals surface area contributed by atoms with Gasteiger partial charge in [0.2, 0.25) is 5.95 Å². The number of hydrazone groups is 1. The van der Waals surface area contributed by atoms with Gasteiger partial charge in [-0.1, -0.05) is 29.8 Å². The molecule has 2 N–H and O–H groups in total. The number of nitrogens with zero attached hydrogens (tertiary/aromatic N) is 5. The van der Waals surface area contributed by atoms with Gasteiger partial charge >= 0.3 is 5.69 Å². The molecule has 2 aromatic heterocycles. The SMILES string of the molecule is C/C(Cl)=C\Cn1c(N/N=C(\C)c2ccccc2O)nc2c1c(=O)n(C)c(=O)n2C. The van der Waals surface area contributed by atoms with Crippen molar-refractivity contribution in [1.82, 2.24) is 18.7 Å². The number of aromatic hydroxyl groups is 1. The molecule has 0 aliphatic rings. The Hall–Kier alpha value is -3.33. The molecule has 3 rings (SSSR count). The maximum Gasteiger partial charge on any atom is 0.332 e. The number of rotatable bonds is 5. The molecule has 2 heterocycles. The van der Waals surface area contributed by atoms with Crippen molar-refractivity contribution >= 4 is 34.4 Å². The minimum absolute atomic E-state index is 0.0982. The molecule has 0 aliphatic heterocycles. The second kappa shape index (κ2) is 7.96.